The molecule has 3 nitrogen and oxygen atoms in total. The number of methoxy groups -OCH3 is 1. The van der Waals surface area contributed by atoms with Gasteiger partial charge in [0.05, 0.1) is 12.7 Å². The van der Waals surface area contributed by atoms with E-state index in [0.29, 0.717) is 11.5 Å². The Bertz CT molecular complexity index is 665. The molecular formula is C17H17FO3. The second kappa shape index (κ2) is 6.39. The van der Waals surface area contributed by atoms with Gasteiger partial charge in [-0.1, -0.05) is 19.1 Å². The summed E-state index contributed by atoms with van der Waals surface area (Å²) in [4.78, 5) is 11.6. The summed E-state index contributed by atoms with van der Waals surface area (Å²) in [5.74, 6) is 0.206. The third kappa shape index (κ3) is 3.21. The summed E-state index contributed by atoms with van der Waals surface area (Å²) in [7, 11) is 1.54. The van der Waals surface area contributed by atoms with E-state index in [4.69, 9.17) is 9.47 Å². The number of hydrogen-bond acceptors (Lipinski definition) is 3. The standard InChI is InChI=1S/C17H17FO3/c1-4-12-8-9-14(16(10-12)20-3)21-15-7-5-6-13(18)17(15)11(2)19/h5-10H,4H2,1-3H3. The van der Waals surface area contributed by atoms with Crippen molar-refractivity contribution in [1.82, 2.24) is 0 Å². The molecule has 0 radical (unpaired) electrons. The molecular weight excluding hydrogens is 271 g/mol. The van der Waals surface area contributed by atoms with E-state index in [1.165, 1.54) is 19.1 Å². The molecule has 0 aliphatic heterocycles. The van der Waals surface area contributed by atoms with Crippen molar-refractivity contribution in [3.63, 3.8) is 0 Å². The van der Waals surface area contributed by atoms with Crippen LogP contribution in [0.2, 0.25) is 0 Å². The van der Waals surface area contributed by atoms with Crippen molar-refractivity contribution in [2.45, 2.75) is 20.3 Å². The first-order chi connectivity index (χ1) is 10.1. The van der Waals surface area contributed by atoms with Gasteiger partial charge in [-0.3, -0.25) is 4.79 Å². The van der Waals surface area contributed by atoms with Crippen LogP contribution in [0.25, 0.3) is 0 Å². The van der Waals surface area contributed by atoms with E-state index in [0.717, 1.165) is 12.0 Å². The molecule has 0 amide bonds. The smallest absolute Gasteiger partial charge is 0.169 e. The van der Waals surface area contributed by atoms with Gasteiger partial charge < -0.3 is 9.47 Å². The average Bonchev–Trinajstić information content (AvgIpc) is 2.47. The third-order valence-electron chi connectivity index (χ3n) is 3.18. The first-order valence-corrected chi connectivity index (χ1v) is 6.71. The fourth-order valence-corrected chi connectivity index (χ4v) is 2.07. The maximum Gasteiger partial charge on any atom is 0.169 e. The van der Waals surface area contributed by atoms with Crippen LogP contribution in [0.4, 0.5) is 4.39 Å². The predicted molar refractivity (Wildman–Crippen MR) is 78.9 cm³/mol. The fourth-order valence-electron chi connectivity index (χ4n) is 2.07. The largest absolute Gasteiger partial charge is 0.493 e. The minimum absolute atomic E-state index is 0.0564. The van der Waals surface area contributed by atoms with Crippen LogP contribution in [0.1, 0.15) is 29.8 Å². The second-order valence-corrected chi connectivity index (χ2v) is 4.61. The van der Waals surface area contributed by atoms with Gasteiger partial charge >= 0.3 is 0 Å². The van der Waals surface area contributed by atoms with Crippen molar-refractivity contribution in [3.8, 4) is 17.2 Å². The van der Waals surface area contributed by atoms with Gasteiger partial charge in [-0.05, 0) is 43.2 Å². The van der Waals surface area contributed by atoms with E-state index in [1.807, 2.05) is 19.1 Å². The highest BCUT2D eigenvalue weighted by atomic mass is 19.1. The van der Waals surface area contributed by atoms with Crippen LogP contribution in [-0.4, -0.2) is 12.9 Å². The van der Waals surface area contributed by atoms with Gasteiger partial charge in [0.2, 0.25) is 0 Å². The van der Waals surface area contributed by atoms with Crippen LogP contribution in [0.3, 0.4) is 0 Å². The quantitative estimate of drug-likeness (QED) is 0.765. The van der Waals surface area contributed by atoms with Crippen molar-refractivity contribution in [3.05, 3.63) is 53.3 Å². The van der Waals surface area contributed by atoms with Crippen molar-refractivity contribution >= 4 is 5.78 Å². The molecule has 0 N–H and O–H groups in total. The molecule has 0 heterocycles. The predicted octanol–water partition coefficient (Wildman–Crippen LogP) is 4.39. The molecule has 2 aromatic carbocycles. The van der Waals surface area contributed by atoms with E-state index in [-0.39, 0.29) is 17.1 Å². The summed E-state index contributed by atoms with van der Waals surface area (Å²) in [5.41, 5.74) is 1.05. The zero-order valence-electron chi connectivity index (χ0n) is 12.3. The van der Waals surface area contributed by atoms with Crippen molar-refractivity contribution in [2.24, 2.45) is 0 Å². The van der Waals surface area contributed by atoms with Gasteiger partial charge in [0.1, 0.15) is 11.6 Å². The maximum atomic E-state index is 13.8. The molecule has 2 rings (SSSR count). The van der Waals surface area contributed by atoms with Crippen LogP contribution in [0.5, 0.6) is 17.2 Å². The molecule has 0 saturated carbocycles. The van der Waals surface area contributed by atoms with Crippen molar-refractivity contribution < 1.29 is 18.7 Å². The molecule has 0 saturated heterocycles. The molecule has 0 fully saturated rings. The highest BCUT2D eigenvalue weighted by Crippen LogP contribution is 2.34. The first kappa shape index (κ1) is 15.0. The molecule has 110 valence electrons. The van der Waals surface area contributed by atoms with E-state index >= 15 is 0 Å². The minimum Gasteiger partial charge on any atom is -0.493 e. The minimum atomic E-state index is -0.593. The number of carbonyl (C=O) groups excluding carboxylic acids is 1. The van der Waals surface area contributed by atoms with Gasteiger partial charge in [-0.25, -0.2) is 4.39 Å². The van der Waals surface area contributed by atoms with Crippen molar-refractivity contribution in [2.75, 3.05) is 7.11 Å². The number of halogens is 1. The number of Topliss-reactive ketones (excluding diaryl/α,β-unsaturated/α-hetero) is 1. The molecule has 2 aromatic rings. The lowest BCUT2D eigenvalue weighted by Gasteiger charge is -2.13. The Morgan fingerprint density at radius 2 is 1.90 bits per heavy atom. The monoisotopic (exact) mass is 288 g/mol. The average molecular weight is 288 g/mol. The Morgan fingerprint density at radius 1 is 1.14 bits per heavy atom. The number of ketones is 1. The fraction of sp³-hybridized carbons (Fsp3) is 0.235. The molecule has 0 bridgehead atoms. The molecule has 0 spiro atoms. The van der Waals surface area contributed by atoms with Crippen molar-refractivity contribution in [1.29, 1.82) is 0 Å². The lowest BCUT2D eigenvalue weighted by atomic mass is 10.1. The maximum absolute atomic E-state index is 13.8. The lowest BCUT2D eigenvalue weighted by Crippen LogP contribution is -2.01. The number of rotatable bonds is 5. The van der Waals surface area contributed by atoms with Crippen LogP contribution >= 0.6 is 0 Å². The summed E-state index contributed by atoms with van der Waals surface area (Å²) >= 11 is 0. The normalized spacial score (nSPS) is 10.3. The number of hydrogen-bond donors (Lipinski definition) is 0. The third-order valence-corrected chi connectivity index (χ3v) is 3.18. The Labute approximate surface area is 123 Å². The van der Waals surface area contributed by atoms with Gasteiger partial charge in [-0.2, -0.15) is 0 Å². The summed E-state index contributed by atoms with van der Waals surface area (Å²) in [5, 5.41) is 0. The van der Waals surface area contributed by atoms with Crippen LogP contribution in [-0.2, 0) is 6.42 Å². The Kier molecular flexibility index (Phi) is 4.58. The van der Waals surface area contributed by atoms with Gasteiger partial charge in [0.15, 0.2) is 17.3 Å². The summed E-state index contributed by atoms with van der Waals surface area (Å²) in [6, 6.07) is 9.83. The van der Waals surface area contributed by atoms with E-state index in [2.05, 4.69) is 0 Å². The molecule has 21 heavy (non-hydrogen) atoms. The lowest BCUT2D eigenvalue weighted by molar-refractivity contribution is 0.101. The van der Waals surface area contributed by atoms with Gasteiger partial charge in [0, 0.05) is 0 Å². The van der Waals surface area contributed by atoms with Gasteiger partial charge in [0.25, 0.3) is 0 Å². The number of carbonyl (C=O) groups is 1. The van der Waals surface area contributed by atoms with Crippen LogP contribution in [0, 0.1) is 5.82 Å². The SMILES string of the molecule is CCc1ccc(Oc2cccc(F)c2C(C)=O)c(OC)c1. The second-order valence-electron chi connectivity index (χ2n) is 4.61. The highest BCUT2D eigenvalue weighted by molar-refractivity contribution is 5.97. The Balaban J connectivity index is 2.43. The zero-order valence-corrected chi connectivity index (χ0v) is 12.3. The van der Waals surface area contributed by atoms with E-state index < -0.39 is 5.82 Å². The van der Waals surface area contributed by atoms with Crippen LogP contribution in [0.15, 0.2) is 36.4 Å². The highest BCUT2D eigenvalue weighted by Gasteiger charge is 2.16. The molecule has 0 aliphatic rings. The Hall–Kier alpha value is -2.36. The van der Waals surface area contributed by atoms with E-state index in [9.17, 15) is 9.18 Å². The number of ether oxygens (including phenoxy) is 2. The molecule has 0 unspecified atom stereocenters. The Morgan fingerprint density at radius 3 is 2.52 bits per heavy atom. The van der Waals surface area contributed by atoms with Gasteiger partial charge in [-0.15, -0.1) is 0 Å². The molecule has 0 aromatic heterocycles. The first-order valence-electron chi connectivity index (χ1n) is 6.71. The topological polar surface area (TPSA) is 35.5 Å². The van der Waals surface area contributed by atoms with Crippen LogP contribution < -0.4 is 9.47 Å². The van der Waals surface area contributed by atoms with E-state index in [1.54, 1.807) is 19.2 Å². The summed E-state index contributed by atoms with van der Waals surface area (Å²) in [6.07, 6.45) is 0.870. The number of aryl methyl sites for hydroxylation is 1. The summed E-state index contributed by atoms with van der Waals surface area (Å²) < 4.78 is 24.7. The molecule has 4 heteroatoms. The zero-order chi connectivity index (χ0) is 15.4. The molecule has 0 atom stereocenters. The number of benzene rings is 2. The summed E-state index contributed by atoms with van der Waals surface area (Å²) in [6.45, 7) is 3.35. The molecule has 0 aliphatic carbocycles.